The van der Waals surface area contributed by atoms with Crippen molar-refractivity contribution in [3.63, 3.8) is 0 Å². The number of nitrogens with zero attached hydrogens (tertiary/aromatic N) is 1. The summed E-state index contributed by atoms with van der Waals surface area (Å²) < 4.78 is 27.5. The number of hydrogen-bond donors (Lipinski definition) is 1. The van der Waals surface area contributed by atoms with Crippen LogP contribution in [0.4, 0.5) is 11.4 Å². The van der Waals surface area contributed by atoms with E-state index >= 15 is 0 Å². The van der Waals surface area contributed by atoms with Crippen molar-refractivity contribution in [3.8, 4) is 0 Å². The van der Waals surface area contributed by atoms with Crippen molar-refractivity contribution >= 4 is 33.0 Å². The van der Waals surface area contributed by atoms with Gasteiger partial charge >= 0.3 is 0 Å². The fraction of sp³-hybridized carbons (Fsp3) is 0.250. The van der Waals surface area contributed by atoms with Gasteiger partial charge in [0.25, 0.3) is 10.0 Å². The highest BCUT2D eigenvalue weighted by molar-refractivity contribution is 7.92. The molecule has 3 rings (SSSR count). The zero-order chi connectivity index (χ0) is 15.9. The summed E-state index contributed by atoms with van der Waals surface area (Å²) in [5.74, 6) is 0. The Morgan fingerprint density at radius 3 is 2.73 bits per heavy atom. The van der Waals surface area contributed by atoms with Gasteiger partial charge in [-0.25, -0.2) is 8.42 Å². The molecule has 0 saturated heterocycles. The second-order valence-corrected chi connectivity index (χ2v) is 7.70. The molecule has 2 aromatic carbocycles. The third kappa shape index (κ3) is 2.44. The number of nitrogens with two attached hydrogens (primary N) is 1. The van der Waals surface area contributed by atoms with E-state index in [0.717, 1.165) is 18.4 Å². The van der Waals surface area contributed by atoms with E-state index in [1.54, 1.807) is 31.2 Å². The summed E-state index contributed by atoms with van der Waals surface area (Å²) in [6.45, 7) is 2.21. The Kier molecular flexibility index (Phi) is 3.78. The number of aryl methyl sites for hydroxylation is 1. The monoisotopic (exact) mass is 336 g/mol. The van der Waals surface area contributed by atoms with E-state index in [-0.39, 0.29) is 4.90 Å². The average Bonchev–Trinajstić information content (AvgIpc) is 2.46. The summed E-state index contributed by atoms with van der Waals surface area (Å²) in [5.41, 5.74) is 8.87. The predicted molar refractivity (Wildman–Crippen MR) is 89.9 cm³/mol. The quantitative estimate of drug-likeness (QED) is 0.855. The molecule has 6 heteroatoms. The first-order chi connectivity index (χ1) is 10.4. The summed E-state index contributed by atoms with van der Waals surface area (Å²) in [4.78, 5) is 0.284. The molecule has 2 N–H and O–H groups in total. The lowest BCUT2D eigenvalue weighted by atomic mass is 10.0. The summed E-state index contributed by atoms with van der Waals surface area (Å²) in [6.07, 6.45) is 1.56. The number of halogens is 1. The molecule has 0 atom stereocenters. The Labute approximate surface area is 135 Å². The maximum atomic E-state index is 13.0. The SMILES string of the molecule is Cc1cc(Cl)ccc1S(=O)(=O)N1CCCc2c(N)cccc21. The first-order valence-corrected chi connectivity index (χ1v) is 8.89. The van der Waals surface area contributed by atoms with Gasteiger partial charge in [0.1, 0.15) is 0 Å². The molecule has 0 aromatic heterocycles. The second kappa shape index (κ2) is 5.48. The van der Waals surface area contributed by atoms with Crippen LogP contribution in [0.1, 0.15) is 17.5 Å². The standard InChI is InChI=1S/C16H17ClN2O2S/c1-11-10-12(17)7-8-16(11)22(20,21)19-9-3-4-13-14(18)5-2-6-15(13)19/h2,5-8,10H,3-4,9,18H2,1H3. The van der Waals surface area contributed by atoms with Crippen molar-refractivity contribution in [2.45, 2.75) is 24.7 Å². The molecule has 116 valence electrons. The molecule has 1 heterocycles. The molecule has 0 unspecified atom stereocenters. The largest absolute Gasteiger partial charge is 0.398 e. The average molecular weight is 337 g/mol. The Bertz CT molecular complexity index is 834. The van der Waals surface area contributed by atoms with Crippen LogP contribution in [0.15, 0.2) is 41.3 Å². The van der Waals surface area contributed by atoms with Gasteiger partial charge in [0.15, 0.2) is 0 Å². The lowest BCUT2D eigenvalue weighted by molar-refractivity contribution is 0.586. The molecular formula is C16H17ClN2O2S. The van der Waals surface area contributed by atoms with E-state index in [1.807, 2.05) is 12.1 Å². The molecule has 0 radical (unpaired) electrons. The van der Waals surface area contributed by atoms with Crippen molar-refractivity contribution in [2.75, 3.05) is 16.6 Å². The molecule has 22 heavy (non-hydrogen) atoms. The van der Waals surface area contributed by atoms with Crippen LogP contribution >= 0.6 is 11.6 Å². The second-order valence-electron chi connectivity index (χ2n) is 5.44. The zero-order valence-electron chi connectivity index (χ0n) is 12.2. The minimum Gasteiger partial charge on any atom is -0.398 e. The van der Waals surface area contributed by atoms with E-state index < -0.39 is 10.0 Å². The van der Waals surface area contributed by atoms with Gasteiger partial charge < -0.3 is 5.73 Å². The van der Waals surface area contributed by atoms with E-state index in [4.69, 9.17) is 17.3 Å². The topological polar surface area (TPSA) is 63.4 Å². The fourth-order valence-electron chi connectivity index (χ4n) is 2.89. The van der Waals surface area contributed by atoms with Crippen molar-refractivity contribution in [3.05, 3.63) is 52.5 Å². The molecule has 0 saturated carbocycles. The number of rotatable bonds is 2. The van der Waals surface area contributed by atoms with Gasteiger partial charge in [-0.15, -0.1) is 0 Å². The molecule has 0 spiro atoms. The van der Waals surface area contributed by atoms with Crippen LogP contribution in [-0.2, 0) is 16.4 Å². The summed E-state index contributed by atoms with van der Waals surface area (Å²) in [7, 11) is -3.62. The number of sulfonamides is 1. The third-order valence-electron chi connectivity index (χ3n) is 3.95. The zero-order valence-corrected chi connectivity index (χ0v) is 13.8. The Morgan fingerprint density at radius 2 is 2.00 bits per heavy atom. The highest BCUT2D eigenvalue weighted by atomic mass is 35.5. The van der Waals surface area contributed by atoms with Crippen LogP contribution < -0.4 is 10.0 Å². The fourth-order valence-corrected chi connectivity index (χ4v) is 4.86. The van der Waals surface area contributed by atoms with Gasteiger partial charge in [0.2, 0.25) is 0 Å². The van der Waals surface area contributed by atoms with Gasteiger partial charge in [0, 0.05) is 17.3 Å². The minimum absolute atomic E-state index is 0.284. The minimum atomic E-state index is -3.62. The number of benzene rings is 2. The molecule has 1 aliphatic heterocycles. The van der Waals surface area contributed by atoms with Gasteiger partial charge in [-0.1, -0.05) is 17.7 Å². The molecular weight excluding hydrogens is 320 g/mol. The predicted octanol–water partition coefficient (Wildman–Crippen LogP) is 3.37. The Balaban J connectivity index is 2.14. The maximum Gasteiger partial charge on any atom is 0.264 e. The lowest BCUT2D eigenvalue weighted by Crippen LogP contribution is -2.36. The summed E-state index contributed by atoms with van der Waals surface area (Å²) >= 11 is 5.93. The van der Waals surface area contributed by atoms with E-state index in [0.29, 0.717) is 28.5 Å². The highest BCUT2D eigenvalue weighted by Gasteiger charge is 2.30. The highest BCUT2D eigenvalue weighted by Crippen LogP contribution is 2.35. The normalized spacial score (nSPS) is 14.7. The van der Waals surface area contributed by atoms with Crippen molar-refractivity contribution in [1.82, 2.24) is 0 Å². The number of anilines is 2. The van der Waals surface area contributed by atoms with Crippen molar-refractivity contribution in [2.24, 2.45) is 0 Å². The van der Waals surface area contributed by atoms with Gasteiger partial charge in [-0.2, -0.15) is 0 Å². The smallest absolute Gasteiger partial charge is 0.264 e. The van der Waals surface area contributed by atoms with Crippen LogP contribution in [0.2, 0.25) is 5.02 Å². The van der Waals surface area contributed by atoms with Crippen LogP contribution in [0.25, 0.3) is 0 Å². The number of hydrogen-bond acceptors (Lipinski definition) is 3. The van der Waals surface area contributed by atoms with Crippen LogP contribution in [-0.4, -0.2) is 15.0 Å². The first kappa shape index (κ1) is 15.2. The van der Waals surface area contributed by atoms with Crippen LogP contribution in [0.3, 0.4) is 0 Å². The van der Waals surface area contributed by atoms with Crippen LogP contribution in [0.5, 0.6) is 0 Å². The van der Waals surface area contributed by atoms with Crippen molar-refractivity contribution < 1.29 is 8.42 Å². The van der Waals surface area contributed by atoms with Crippen molar-refractivity contribution in [1.29, 1.82) is 0 Å². The maximum absolute atomic E-state index is 13.0. The molecule has 0 fully saturated rings. The number of fused-ring (bicyclic) bond motifs is 1. The molecule has 4 nitrogen and oxygen atoms in total. The summed E-state index contributed by atoms with van der Waals surface area (Å²) in [5, 5.41) is 0.528. The summed E-state index contributed by atoms with van der Waals surface area (Å²) in [6, 6.07) is 10.2. The molecule has 2 aromatic rings. The van der Waals surface area contributed by atoms with Crippen LogP contribution in [0, 0.1) is 6.92 Å². The first-order valence-electron chi connectivity index (χ1n) is 7.07. The Hall–Kier alpha value is -1.72. The van der Waals surface area contributed by atoms with Gasteiger partial charge in [-0.05, 0) is 61.2 Å². The number of nitrogen functional groups attached to an aromatic ring is 1. The van der Waals surface area contributed by atoms with Gasteiger partial charge in [-0.3, -0.25) is 4.31 Å². The van der Waals surface area contributed by atoms with E-state index in [9.17, 15) is 8.42 Å². The lowest BCUT2D eigenvalue weighted by Gasteiger charge is -2.31. The molecule has 0 bridgehead atoms. The van der Waals surface area contributed by atoms with E-state index in [1.165, 1.54) is 4.31 Å². The molecule has 0 amide bonds. The van der Waals surface area contributed by atoms with Gasteiger partial charge in [0.05, 0.1) is 10.6 Å². The Morgan fingerprint density at radius 1 is 1.23 bits per heavy atom. The third-order valence-corrected chi connectivity index (χ3v) is 6.16. The molecule has 1 aliphatic rings. The van der Waals surface area contributed by atoms with E-state index in [2.05, 4.69) is 0 Å². The molecule has 0 aliphatic carbocycles.